The highest BCUT2D eigenvalue weighted by Crippen LogP contribution is 1.73. The third kappa shape index (κ3) is 3.48. The van der Waals surface area contributed by atoms with Crippen LogP contribution in [-0.2, 0) is 0 Å². The summed E-state index contributed by atoms with van der Waals surface area (Å²) in [4.78, 5) is 0. The second-order valence-electron chi connectivity index (χ2n) is 0.871. The van der Waals surface area contributed by atoms with Gasteiger partial charge in [-0.05, 0) is 12.5 Å². The van der Waals surface area contributed by atoms with Crippen molar-refractivity contribution >= 4 is 0 Å². The molecule has 0 N–H and O–H groups in total. The molecule has 0 fully saturated rings. The maximum Gasteiger partial charge on any atom is -0.0192 e. The molecule has 0 saturated heterocycles. The standard InChI is InChI=1S/C6H8/c1-3-5-6-4-2/h3-4,6H,1H2,2H3. The monoisotopic (exact) mass is 80.1 g/mol. The van der Waals surface area contributed by atoms with E-state index in [-0.39, 0.29) is 0 Å². The molecule has 0 aliphatic carbocycles. The Morgan fingerprint density at radius 1 is 1.67 bits per heavy atom. The van der Waals surface area contributed by atoms with Gasteiger partial charge >= 0.3 is 0 Å². The van der Waals surface area contributed by atoms with Gasteiger partial charge < -0.3 is 0 Å². The van der Waals surface area contributed by atoms with Crippen LogP contribution in [0.1, 0.15) is 6.92 Å². The largest absolute Gasteiger partial charge is 0.0985 e. The van der Waals surface area contributed by atoms with Crippen molar-refractivity contribution in [3.05, 3.63) is 31.2 Å². The van der Waals surface area contributed by atoms with Crippen LogP contribution in [0.4, 0.5) is 0 Å². The van der Waals surface area contributed by atoms with Gasteiger partial charge in [0.15, 0.2) is 0 Å². The lowest BCUT2D eigenvalue weighted by molar-refractivity contribution is 1.54. The Morgan fingerprint density at radius 3 is 2.50 bits per heavy atom. The second kappa shape index (κ2) is 4.48. The van der Waals surface area contributed by atoms with Gasteiger partial charge in [0.25, 0.3) is 0 Å². The van der Waals surface area contributed by atoms with Crippen molar-refractivity contribution in [3.63, 3.8) is 0 Å². The van der Waals surface area contributed by atoms with E-state index in [0.717, 1.165) is 0 Å². The fraction of sp³-hybridized carbons (Fsp3) is 0.167. The van der Waals surface area contributed by atoms with E-state index < -0.39 is 0 Å². The van der Waals surface area contributed by atoms with Crippen molar-refractivity contribution in [3.8, 4) is 0 Å². The molecule has 0 aromatic heterocycles. The van der Waals surface area contributed by atoms with E-state index in [2.05, 4.69) is 12.7 Å². The van der Waals surface area contributed by atoms with Gasteiger partial charge in [-0.2, -0.15) is 0 Å². The first kappa shape index (κ1) is 5.48. The number of hydrogen-bond acceptors (Lipinski definition) is 0. The topological polar surface area (TPSA) is 0 Å². The Bertz CT molecular complexity index is 51.1. The zero-order valence-corrected chi connectivity index (χ0v) is 3.94. The van der Waals surface area contributed by atoms with E-state index >= 15 is 0 Å². The van der Waals surface area contributed by atoms with E-state index in [9.17, 15) is 0 Å². The Kier molecular flexibility index (Phi) is 4.09. The third-order valence-corrected chi connectivity index (χ3v) is 0.381. The minimum Gasteiger partial charge on any atom is -0.0985 e. The summed E-state index contributed by atoms with van der Waals surface area (Å²) >= 11 is 0. The third-order valence-electron chi connectivity index (χ3n) is 0.381. The summed E-state index contributed by atoms with van der Waals surface area (Å²) in [6.07, 6.45) is 8.12. The van der Waals surface area contributed by atoms with E-state index in [4.69, 9.17) is 0 Å². The normalized spacial score (nSPS) is 9.50. The quantitative estimate of drug-likeness (QED) is 0.443. The Morgan fingerprint density at radius 2 is 2.33 bits per heavy atom. The number of allylic oxidation sites excluding steroid dienone is 3. The molecular formula is C6H8. The molecule has 0 nitrogen and oxygen atoms in total. The van der Waals surface area contributed by atoms with Crippen molar-refractivity contribution in [2.75, 3.05) is 0 Å². The SMILES string of the molecule is C=C/[C]=C/[CH]C. The van der Waals surface area contributed by atoms with Gasteiger partial charge in [0.1, 0.15) is 0 Å². The Hall–Kier alpha value is -0.520. The van der Waals surface area contributed by atoms with Crippen molar-refractivity contribution in [1.82, 2.24) is 0 Å². The molecule has 0 saturated carbocycles. The van der Waals surface area contributed by atoms with E-state index in [1.165, 1.54) is 0 Å². The molecule has 0 aromatic rings. The van der Waals surface area contributed by atoms with Gasteiger partial charge in [-0.15, -0.1) is 0 Å². The molecule has 2 radical (unpaired) electrons. The van der Waals surface area contributed by atoms with E-state index in [1.807, 2.05) is 19.4 Å². The fourth-order valence-corrected chi connectivity index (χ4v) is 0.164. The minimum atomic E-state index is 1.62. The van der Waals surface area contributed by atoms with Gasteiger partial charge in [-0.25, -0.2) is 0 Å². The molecular weight excluding hydrogens is 72.1 g/mol. The molecule has 0 unspecified atom stereocenters. The van der Waals surface area contributed by atoms with Crippen LogP contribution in [0.2, 0.25) is 0 Å². The molecule has 0 bridgehead atoms. The highest BCUT2D eigenvalue weighted by Gasteiger charge is 1.57. The zero-order chi connectivity index (χ0) is 4.83. The number of hydrogen-bond donors (Lipinski definition) is 0. The van der Waals surface area contributed by atoms with E-state index in [0.29, 0.717) is 0 Å². The van der Waals surface area contributed by atoms with Gasteiger partial charge in [0.05, 0.1) is 0 Å². The van der Waals surface area contributed by atoms with Crippen LogP contribution < -0.4 is 0 Å². The average molecular weight is 80.1 g/mol. The summed E-state index contributed by atoms with van der Waals surface area (Å²) in [5, 5.41) is 0. The first-order chi connectivity index (χ1) is 2.91. The summed E-state index contributed by atoms with van der Waals surface area (Å²) in [6.45, 7) is 5.38. The molecule has 0 rings (SSSR count). The average Bonchev–Trinajstić information content (AvgIpc) is 1.61. The summed E-state index contributed by atoms with van der Waals surface area (Å²) in [5.74, 6) is 0. The van der Waals surface area contributed by atoms with Crippen LogP contribution >= 0.6 is 0 Å². The fourth-order valence-electron chi connectivity index (χ4n) is 0.164. The maximum atomic E-state index is 3.44. The Labute approximate surface area is 39.2 Å². The van der Waals surface area contributed by atoms with Crippen LogP contribution in [-0.4, -0.2) is 0 Å². The molecule has 0 aliphatic heterocycles. The molecule has 0 heteroatoms. The lowest BCUT2D eigenvalue weighted by atomic mass is 10.4. The van der Waals surface area contributed by atoms with Crippen LogP contribution in [0.5, 0.6) is 0 Å². The molecule has 0 spiro atoms. The van der Waals surface area contributed by atoms with Crippen molar-refractivity contribution < 1.29 is 0 Å². The summed E-state index contributed by atoms with van der Waals surface area (Å²) in [7, 11) is 0. The van der Waals surface area contributed by atoms with Gasteiger partial charge in [-0.1, -0.05) is 25.7 Å². The van der Waals surface area contributed by atoms with Crippen LogP contribution in [0.3, 0.4) is 0 Å². The van der Waals surface area contributed by atoms with Crippen molar-refractivity contribution in [2.24, 2.45) is 0 Å². The summed E-state index contributed by atoms with van der Waals surface area (Å²) < 4.78 is 0. The molecule has 32 valence electrons. The molecule has 0 atom stereocenters. The van der Waals surface area contributed by atoms with E-state index in [1.54, 1.807) is 6.08 Å². The van der Waals surface area contributed by atoms with Crippen molar-refractivity contribution in [1.29, 1.82) is 0 Å². The smallest absolute Gasteiger partial charge is 0.0192 e. The molecule has 0 heterocycles. The lowest BCUT2D eigenvalue weighted by Crippen LogP contribution is -1.49. The minimum absolute atomic E-state index is 1.62. The second-order valence-corrected chi connectivity index (χ2v) is 0.871. The lowest BCUT2D eigenvalue weighted by Gasteiger charge is -1.65. The van der Waals surface area contributed by atoms with Gasteiger partial charge in [-0.3, -0.25) is 0 Å². The van der Waals surface area contributed by atoms with Gasteiger partial charge in [0.2, 0.25) is 0 Å². The molecule has 0 aliphatic rings. The molecule has 0 aromatic carbocycles. The van der Waals surface area contributed by atoms with Crippen LogP contribution in [0.15, 0.2) is 18.7 Å². The Balaban J connectivity index is 2.94. The zero-order valence-electron chi connectivity index (χ0n) is 3.94. The highest BCUT2D eigenvalue weighted by molar-refractivity contribution is 4.94. The van der Waals surface area contributed by atoms with Crippen LogP contribution in [0, 0.1) is 12.5 Å². The van der Waals surface area contributed by atoms with Crippen molar-refractivity contribution in [2.45, 2.75) is 6.92 Å². The molecule has 6 heavy (non-hydrogen) atoms. The predicted octanol–water partition coefficient (Wildman–Crippen LogP) is 1.76. The summed E-state index contributed by atoms with van der Waals surface area (Å²) in [5.41, 5.74) is 0. The first-order valence-electron chi connectivity index (χ1n) is 1.90. The maximum absolute atomic E-state index is 3.44. The highest BCUT2D eigenvalue weighted by atomic mass is 13.6. The molecule has 0 amide bonds. The number of rotatable bonds is 2. The predicted molar refractivity (Wildman–Crippen MR) is 28.0 cm³/mol. The summed E-state index contributed by atoms with van der Waals surface area (Å²) in [6, 6.07) is 0. The van der Waals surface area contributed by atoms with Gasteiger partial charge in [0, 0.05) is 0 Å². The van der Waals surface area contributed by atoms with Crippen LogP contribution in [0.25, 0.3) is 0 Å². The first-order valence-corrected chi connectivity index (χ1v) is 1.90.